The van der Waals surface area contributed by atoms with Crippen molar-refractivity contribution < 1.29 is 0 Å². The summed E-state index contributed by atoms with van der Waals surface area (Å²) in [6, 6.07) is 9.45. The Bertz CT molecular complexity index is 857. The van der Waals surface area contributed by atoms with E-state index in [4.69, 9.17) is 0 Å². The van der Waals surface area contributed by atoms with Gasteiger partial charge in [-0.05, 0) is 44.3 Å². The fraction of sp³-hybridized carbons (Fsp3) is 0.421. The molecule has 0 radical (unpaired) electrons. The van der Waals surface area contributed by atoms with Crippen molar-refractivity contribution in [2.45, 2.75) is 25.6 Å². The fourth-order valence-electron chi connectivity index (χ4n) is 3.94. The van der Waals surface area contributed by atoms with Crippen LogP contribution >= 0.6 is 0 Å². The molecule has 2 aromatic heterocycles. The van der Waals surface area contributed by atoms with E-state index in [-0.39, 0.29) is 0 Å². The number of hydrogen-bond donors (Lipinski definition) is 0. The van der Waals surface area contributed by atoms with Crippen molar-refractivity contribution in [3.05, 3.63) is 54.0 Å². The monoisotopic (exact) mass is 336 g/mol. The van der Waals surface area contributed by atoms with Crippen LogP contribution in [0, 0.1) is 6.92 Å². The van der Waals surface area contributed by atoms with Crippen molar-refractivity contribution in [2.24, 2.45) is 0 Å². The molecule has 1 aromatic carbocycles. The Hall–Kier alpha value is -2.31. The molecule has 6 heteroatoms. The predicted molar refractivity (Wildman–Crippen MR) is 98.3 cm³/mol. The van der Waals surface area contributed by atoms with E-state index >= 15 is 0 Å². The Morgan fingerprint density at radius 2 is 2.08 bits per heavy atom. The highest BCUT2D eigenvalue weighted by atomic mass is 15.5. The van der Waals surface area contributed by atoms with Crippen molar-refractivity contribution in [1.29, 1.82) is 0 Å². The second-order valence-corrected chi connectivity index (χ2v) is 7.16. The van der Waals surface area contributed by atoms with Crippen LogP contribution in [0.25, 0.3) is 10.9 Å². The lowest BCUT2D eigenvalue weighted by molar-refractivity contribution is 0.237. The first kappa shape index (κ1) is 16.2. The van der Waals surface area contributed by atoms with Gasteiger partial charge in [0.1, 0.15) is 0 Å². The van der Waals surface area contributed by atoms with Gasteiger partial charge in [0, 0.05) is 43.5 Å². The molecule has 6 nitrogen and oxygen atoms in total. The van der Waals surface area contributed by atoms with Crippen molar-refractivity contribution in [3.63, 3.8) is 0 Å². The number of benzene rings is 1. The third-order valence-corrected chi connectivity index (χ3v) is 5.14. The average Bonchev–Trinajstić information content (AvgIpc) is 3.24. The molecule has 1 aliphatic rings. The molecular formula is C19H24N6. The summed E-state index contributed by atoms with van der Waals surface area (Å²) in [5, 5.41) is 9.43. The Morgan fingerprint density at radius 3 is 2.84 bits per heavy atom. The lowest BCUT2D eigenvalue weighted by Crippen LogP contribution is -2.36. The fourth-order valence-corrected chi connectivity index (χ4v) is 3.94. The average molecular weight is 336 g/mol. The van der Waals surface area contributed by atoms with E-state index in [0.29, 0.717) is 12.1 Å². The van der Waals surface area contributed by atoms with Gasteiger partial charge < -0.3 is 4.90 Å². The van der Waals surface area contributed by atoms with E-state index in [1.807, 2.05) is 23.1 Å². The third kappa shape index (κ3) is 3.15. The largest absolute Gasteiger partial charge is 0.303 e. The highest BCUT2D eigenvalue weighted by Crippen LogP contribution is 2.27. The standard InChI is InChI=1S/C19H24N6/c1-14-9-15(10-16-5-4-6-20-19(14)16)11-24-12-17(23(2)3)18(13-24)25-8-7-21-22-25/h4-10,17-18H,11-13H2,1-3H3/t17-,18+/m1/s1. The summed E-state index contributed by atoms with van der Waals surface area (Å²) in [5.41, 5.74) is 3.68. The zero-order chi connectivity index (χ0) is 17.4. The minimum atomic E-state index is 0.334. The number of pyridine rings is 1. The van der Waals surface area contributed by atoms with Crippen molar-refractivity contribution >= 4 is 10.9 Å². The van der Waals surface area contributed by atoms with Crippen LogP contribution in [0.1, 0.15) is 17.2 Å². The molecular weight excluding hydrogens is 312 g/mol. The molecule has 25 heavy (non-hydrogen) atoms. The van der Waals surface area contributed by atoms with Crippen LogP contribution in [0.2, 0.25) is 0 Å². The lowest BCUT2D eigenvalue weighted by Gasteiger charge is -2.24. The number of aromatic nitrogens is 4. The number of nitrogens with zero attached hydrogens (tertiary/aromatic N) is 6. The molecule has 4 rings (SSSR count). The first-order valence-electron chi connectivity index (χ1n) is 8.70. The maximum atomic E-state index is 4.50. The summed E-state index contributed by atoms with van der Waals surface area (Å²) < 4.78 is 2.00. The molecule has 0 unspecified atom stereocenters. The third-order valence-electron chi connectivity index (χ3n) is 5.14. The van der Waals surface area contributed by atoms with Gasteiger partial charge in [0.2, 0.25) is 0 Å². The molecule has 3 heterocycles. The predicted octanol–water partition coefficient (Wildman–Crippen LogP) is 2.12. The molecule has 0 amide bonds. The molecule has 3 aromatic rings. The van der Waals surface area contributed by atoms with Crippen molar-refractivity contribution in [1.82, 2.24) is 29.8 Å². The van der Waals surface area contributed by atoms with Gasteiger partial charge in [-0.15, -0.1) is 5.10 Å². The summed E-state index contributed by atoms with van der Waals surface area (Å²) in [7, 11) is 4.29. The number of likely N-dealkylation sites (tertiary alicyclic amines) is 1. The van der Waals surface area contributed by atoms with E-state index in [9.17, 15) is 0 Å². The molecule has 0 spiro atoms. The molecule has 0 bridgehead atoms. The Morgan fingerprint density at radius 1 is 1.20 bits per heavy atom. The molecule has 0 N–H and O–H groups in total. The summed E-state index contributed by atoms with van der Waals surface area (Å²) >= 11 is 0. The summed E-state index contributed by atoms with van der Waals surface area (Å²) in [6.45, 7) is 5.10. The van der Waals surface area contributed by atoms with E-state index in [1.54, 1.807) is 6.20 Å². The summed E-state index contributed by atoms with van der Waals surface area (Å²) in [4.78, 5) is 9.30. The molecule has 0 aliphatic carbocycles. The summed E-state index contributed by atoms with van der Waals surface area (Å²) in [6.07, 6.45) is 5.59. The van der Waals surface area contributed by atoms with E-state index in [1.165, 1.54) is 16.5 Å². The zero-order valence-electron chi connectivity index (χ0n) is 15.0. The first-order valence-corrected chi connectivity index (χ1v) is 8.70. The maximum Gasteiger partial charge on any atom is 0.0831 e. The number of hydrogen-bond acceptors (Lipinski definition) is 5. The van der Waals surface area contributed by atoms with Gasteiger partial charge in [-0.3, -0.25) is 9.88 Å². The second kappa shape index (κ2) is 6.54. The minimum Gasteiger partial charge on any atom is -0.303 e. The van der Waals surface area contributed by atoms with Gasteiger partial charge >= 0.3 is 0 Å². The van der Waals surface area contributed by atoms with Crippen LogP contribution in [0.15, 0.2) is 42.9 Å². The molecule has 130 valence electrons. The Kier molecular flexibility index (Phi) is 4.23. The summed E-state index contributed by atoms with van der Waals surface area (Å²) in [5.74, 6) is 0. The first-order chi connectivity index (χ1) is 12.1. The van der Waals surface area contributed by atoms with Gasteiger partial charge in [0.25, 0.3) is 0 Å². The molecule has 1 fully saturated rings. The van der Waals surface area contributed by atoms with Gasteiger partial charge in [-0.25, -0.2) is 4.68 Å². The molecule has 1 saturated heterocycles. The lowest BCUT2D eigenvalue weighted by atomic mass is 10.1. The molecule has 2 atom stereocenters. The zero-order valence-corrected chi connectivity index (χ0v) is 15.0. The number of likely N-dealkylation sites (N-methyl/N-ethyl adjacent to an activating group) is 1. The SMILES string of the molecule is Cc1cc(CN2C[C@@H](N(C)C)[C@@H](n3ccnn3)C2)cc2cccnc12. The maximum absolute atomic E-state index is 4.50. The van der Waals surface area contributed by atoms with Gasteiger partial charge in [0.05, 0.1) is 17.8 Å². The smallest absolute Gasteiger partial charge is 0.0831 e. The Labute approximate surface area is 148 Å². The normalized spacial score (nSPS) is 21.4. The highest BCUT2D eigenvalue weighted by Gasteiger charge is 2.35. The van der Waals surface area contributed by atoms with Crippen LogP contribution in [0.3, 0.4) is 0 Å². The number of aryl methyl sites for hydroxylation is 1. The quantitative estimate of drug-likeness (QED) is 0.730. The van der Waals surface area contributed by atoms with E-state index in [0.717, 1.165) is 25.2 Å². The van der Waals surface area contributed by atoms with Gasteiger partial charge in [-0.1, -0.05) is 17.3 Å². The topological polar surface area (TPSA) is 50.1 Å². The minimum absolute atomic E-state index is 0.334. The second-order valence-electron chi connectivity index (χ2n) is 7.16. The van der Waals surface area contributed by atoms with E-state index < -0.39 is 0 Å². The van der Waals surface area contributed by atoms with Crippen LogP contribution in [-0.2, 0) is 6.54 Å². The number of fused-ring (bicyclic) bond motifs is 1. The van der Waals surface area contributed by atoms with Crippen LogP contribution < -0.4 is 0 Å². The van der Waals surface area contributed by atoms with Crippen molar-refractivity contribution in [3.8, 4) is 0 Å². The van der Waals surface area contributed by atoms with Gasteiger partial charge in [-0.2, -0.15) is 0 Å². The molecule has 1 aliphatic heterocycles. The van der Waals surface area contributed by atoms with Crippen LogP contribution in [-0.4, -0.2) is 63.0 Å². The van der Waals surface area contributed by atoms with Crippen LogP contribution in [0.5, 0.6) is 0 Å². The van der Waals surface area contributed by atoms with Crippen molar-refractivity contribution in [2.75, 3.05) is 27.2 Å². The highest BCUT2D eigenvalue weighted by molar-refractivity contribution is 5.82. The molecule has 0 saturated carbocycles. The van der Waals surface area contributed by atoms with E-state index in [2.05, 4.69) is 64.3 Å². The van der Waals surface area contributed by atoms with Crippen LogP contribution in [0.4, 0.5) is 0 Å². The number of rotatable bonds is 4. The van der Waals surface area contributed by atoms with Gasteiger partial charge in [0.15, 0.2) is 0 Å². The Balaban J connectivity index is 1.57.